The fraction of sp³-hybridized carbons (Fsp3) is 0.364. The molecule has 0 aromatic heterocycles. The molecule has 43 heavy (non-hydrogen) atoms. The molecule has 1 aliphatic rings. The highest BCUT2D eigenvalue weighted by Crippen LogP contribution is 2.15. The van der Waals surface area contributed by atoms with Gasteiger partial charge < -0.3 is 24.8 Å². The first-order valence-corrected chi connectivity index (χ1v) is 14.0. The van der Waals surface area contributed by atoms with E-state index in [2.05, 4.69) is 22.5 Å². The highest BCUT2D eigenvalue weighted by Gasteiger charge is 2.30. The Kier molecular flexibility index (Phi) is 12.5. The molecule has 2 aromatic carbocycles. The Hall–Kier alpha value is -4.91. The van der Waals surface area contributed by atoms with Crippen molar-refractivity contribution < 1.29 is 38.2 Å². The molecule has 1 aliphatic heterocycles. The zero-order valence-corrected chi connectivity index (χ0v) is 24.5. The van der Waals surface area contributed by atoms with Crippen LogP contribution >= 0.6 is 0 Å². The SMILES string of the molecule is COc1ccc(C[C@H]2NC(=O)/C=C/C[C@@H](C(=O)C#Cc3ccccc3)OC(=O)C(CC(C)C)OC(=O)CCNC2=O)cc1. The van der Waals surface area contributed by atoms with Crippen LogP contribution in [0.2, 0.25) is 0 Å². The number of hydrogen-bond acceptors (Lipinski definition) is 8. The number of carbonyl (C=O) groups excluding carboxylic acids is 5. The molecule has 0 saturated heterocycles. The monoisotopic (exact) mass is 588 g/mol. The molecule has 10 heteroatoms. The van der Waals surface area contributed by atoms with E-state index in [0.29, 0.717) is 11.3 Å². The van der Waals surface area contributed by atoms with Crippen LogP contribution in [-0.2, 0) is 39.9 Å². The minimum atomic E-state index is -1.35. The Morgan fingerprint density at radius 1 is 1.02 bits per heavy atom. The summed E-state index contributed by atoms with van der Waals surface area (Å²) in [4.78, 5) is 64.5. The van der Waals surface area contributed by atoms with Gasteiger partial charge in [-0.3, -0.25) is 19.2 Å². The fourth-order valence-electron chi connectivity index (χ4n) is 4.13. The van der Waals surface area contributed by atoms with Crippen LogP contribution in [-0.4, -0.2) is 61.4 Å². The van der Waals surface area contributed by atoms with Gasteiger partial charge in [0.25, 0.3) is 0 Å². The van der Waals surface area contributed by atoms with Gasteiger partial charge in [-0.2, -0.15) is 0 Å². The maximum atomic E-state index is 13.1. The number of esters is 2. The maximum Gasteiger partial charge on any atom is 0.348 e. The van der Waals surface area contributed by atoms with Crippen LogP contribution in [0.25, 0.3) is 0 Å². The van der Waals surface area contributed by atoms with Gasteiger partial charge in [-0.1, -0.05) is 56.2 Å². The number of methoxy groups -OCH3 is 1. The van der Waals surface area contributed by atoms with Crippen LogP contribution in [0.5, 0.6) is 5.75 Å². The second-order valence-electron chi connectivity index (χ2n) is 10.3. The van der Waals surface area contributed by atoms with Gasteiger partial charge in [-0.15, -0.1) is 0 Å². The minimum Gasteiger partial charge on any atom is -0.497 e. The zero-order valence-electron chi connectivity index (χ0n) is 24.5. The largest absolute Gasteiger partial charge is 0.497 e. The predicted molar refractivity (Wildman–Crippen MR) is 158 cm³/mol. The average Bonchev–Trinajstić information content (AvgIpc) is 2.98. The number of hydrogen-bond donors (Lipinski definition) is 2. The van der Waals surface area contributed by atoms with E-state index in [-0.39, 0.29) is 38.1 Å². The van der Waals surface area contributed by atoms with Crippen molar-refractivity contribution in [1.82, 2.24) is 10.6 Å². The molecular formula is C33H36N2O8. The van der Waals surface area contributed by atoms with E-state index in [0.717, 1.165) is 5.56 Å². The molecule has 2 N–H and O–H groups in total. The van der Waals surface area contributed by atoms with Gasteiger partial charge >= 0.3 is 11.9 Å². The number of Topliss-reactive ketones (excluding diaryl/α,β-unsaturated/α-hetero) is 1. The molecule has 226 valence electrons. The number of benzene rings is 2. The molecule has 1 unspecified atom stereocenters. The number of carbonyl (C=O) groups is 5. The Bertz CT molecular complexity index is 1370. The molecule has 1 heterocycles. The van der Waals surface area contributed by atoms with Crippen LogP contribution in [0.1, 0.15) is 44.2 Å². The lowest BCUT2D eigenvalue weighted by atomic mass is 10.0. The summed E-state index contributed by atoms with van der Waals surface area (Å²) >= 11 is 0. The van der Waals surface area contributed by atoms with Gasteiger partial charge in [-0.05, 0) is 54.2 Å². The number of amides is 2. The molecule has 3 atom stereocenters. The van der Waals surface area contributed by atoms with Crippen LogP contribution in [0, 0.1) is 17.8 Å². The van der Waals surface area contributed by atoms with Crippen molar-refractivity contribution in [2.24, 2.45) is 5.92 Å². The van der Waals surface area contributed by atoms with E-state index >= 15 is 0 Å². The first kappa shape index (κ1) is 32.6. The third kappa shape index (κ3) is 11.1. The third-order valence-electron chi connectivity index (χ3n) is 6.36. The van der Waals surface area contributed by atoms with E-state index < -0.39 is 47.8 Å². The van der Waals surface area contributed by atoms with Gasteiger partial charge in [-0.25, -0.2) is 4.79 Å². The van der Waals surface area contributed by atoms with E-state index in [1.54, 1.807) is 55.6 Å². The van der Waals surface area contributed by atoms with Crippen molar-refractivity contribution in [3.63, 3.8) is 0 Å². The summed E-state index contributed by atoms with van der Waals surface area (Å²) in [5.74, 6) is 2.45. The molecular weight excluding hydrogens is 552 g/mol. The summed E-state index contributed by atoms with van der Waals surface area (Å²) in [6.07, 6.45) is -0.130. The lowest BCUT2D eigenvalue weighted by Crippen LogP contribution is -2.48. The number of nitrogens with one attached hydrogen (secondary N) is 2. The number of ketones is 1. The molecule has 2 amide bonds. The highest BCUT2D eigenvalue weighted by atomic mass is 16.6. The number of ether oxygens (including phenoxy) is 3. The molecule has 3 rings (SSSR count). The van der Waals surface area contributed by atoms with Gasteiger partial charge in [0.15, 0.2) is 12.2 Å². The lowest BCUT2D eigenvalue weighted by molar-refractivity contribution is -0.173. The summed E-state index contributed by atoms with van der Waals surface area (Å²) < 4.78 is 16.1. The van der Waals surface area contributed by atoms with Crippen molar-refractivity contribution in [1.29, 1.82) is 0 Å². The first-order valence-electron chi connectivity index (χ1n) is 14.0. The van der Waals surface area contributed by atoms with Crippen molar-refractivity contribution in [2.75, 3.05) is 13.7 Å². The second kappa shape index (κ2) is 16.5. The number of rotatable bonds is 6. The predicted octanol–water partition coefficient (Wildman–Crippen LogP) is 2.68. The van der Waals surface area contributed by atoms with Gasteiger partial charge in [0.1, 0.15) is 11.8 Å². The van der Waals surface area contributed by atoms with Crippen molar-refractivity contribution in [3.05, 3.63) is 77.9 Å². The summed E-state index contributed by atoms with van der Waals surface area (Å²) in [6, 6.07) is 14.9. The van der Waals surface area contributed by atoms with Gasteiger partial charge in [0, 0.05) is 24.9 Å². The quantitative estimate of drug-likeness (QED) is 0.388. The van der Waals surface area contributed by atoms with E-state index in [9.17, 15) is 24.0 Å². The summed E-state index contributed by atoms with van der Waals surface area (Å²) in [5, 5.41) is 5.30. The van der Waals surface area contributed by atoms with Crippen LogP contribution in [0.4, 0.5) is 0 Å². The van der Waals surface area contributed by atoms with Gasteiger partial charge in [0.2, 0.25) is 17.6 Å². The van der Waals surface area contributed by atoms with Gasteiger partial charge in [0.05, 0.1) is 13.5 Å². The van der Waals surface area contributed by atoms with Crippen molar-refractivity contribution in [3.8, 4) is 17.6 Å². The second-order valence-corrected chi connectivity index (χ2v) is 10.3. The van der Waals surface area contributed by atoms with Crippen molar-refractivity contribution in [2.45, 2.75) is 57.8 Å². The van der Waals surface area contributed by atoms with E-state index in [4.69, 9.17) is 14.2 Å². The molecule has 0 spiro atoms. The Morgan fingerprint density at radius 2 is 1.74 bits per heavy atom. The van der Waals surface area contributed by atoms with Crippen LogP contribution in [0.3, 0.4) is 0 Å². The summed E-state index contributed by atoms with van der Waals surface area (Å²) in [7, 11) is 1.54. The minimum absolute atomic E-state index is 0.0371. The molecule has 10 nitrogen and oxygen atoms in total. The molecule has 0 radical (unpaired) electrons. The molecule has 0 fully saturated rings. The van der Waals surface area contributed by atoms with E-state index in [1.165, 1.54) is 12.2 Å². The average molecular weight is 589 g/mol. The third-order valence-corrected chi connectivity index (χ3v) is 6.36. The highest BCUT2D eigenvalue weighted by molar-refractivity contribution is 6.01. The van der Waals surface area contributed by atoms with E-state index in [1.807, 2.05) is 19.9 Å². The summed E-state index contributed by atoms with van der Waals surface area (Å²) in [5.41, 5.74) is 1.36. The first-order chi connectivity index (χ1) is 20.6. The zero-order chi connectivity index (χ0) is 31.2. The lowest BCUT2D eigenvalue weighted by Gasteiger charge is -2.22. The molecule has 0 bridgehead atoms. The van der Waals surface area contributed by atoms with Crippen LogP contribution < -0.4 is 15.4 Å². The molecule has 0 saturated carbocycles. The molecule has 0 aliphatic carbocycles. The van der Waals surface area contributed by atoms with Crippen LogP contribution in [0.15, 0.2) is 66.7 Å². The Morgan fingerprint density at radius 3 is 2.42 bits per heavy atom. The number of cyclic esters (lactones) is 2. The topological polar surface area (TPSA) is 137 Å². The Balaban J connectivity index is 1.86. The fourth-order valence-corrected chi connectivity index (χ4v) is 4.13. The molecule has 2 aromatic rings. The smallest absolute Gasteiger partial charge is 0.348 e. The standard InChI is InChI=1S/C33H36N2O8/c1-22(2)20-29-33(40)43-28(27(36)17-14-23-8-5-4-6-9-23)10-7-11-30(37)35-26(32(39)34-19-18-31(38)42-29)21-24-12-15-25(41-3)16-13-24/h4-9,11-13,15-16,22,26,28-29H,10,18-21H2,1-3H3,(H,34,39)(H,35,37)/b11-7+/t26-,28+,29?/m1/s1. The normalized spacial score (nSPS) is 20.9. The summed E-state index contributed by atoms with van der Waals surface area (Å²) in [6.45, 7) is 3.61. The maximum absolute atomic E-state index is 13.1. The Labute approximate surface area is 251 Å². The van der Waals surface area contributed by atoms with Crippen molar-refractivity contribution >= 4 is 29.5 Å².